The number of hydrogen-bond donors (Lipinski definition) is 0. The number of aromatic nitrogens is 1. The summed E-state index contributed by atoms with van der Waals surface area (Å²) in [5.74, 6) is -0.349. The normalized spacial score (nSPS) is 11.4. The van der Waals surface area contributed by atoms with Gasteiger partial charge in [-0.05, 0) is 36.7 Å². The molecule has 1 amide bonds. The molecule has 0 bridgehead atoms. The van der Waals surface area contributed by atoms with Gasteiger partial charge in [-0.2, -0.15) is 0 Å². The van der Waals surface area contributed by atoms with E-state index < -0.39 is 0 Å². The molecule has 0 saturated carbocycles. The number of rotatable bonds is 8. The van der Waals surface area contributed by atoms with Crippen LogP contribution in [0.15, 0.2) is 35.7 Å². The van der Waals surface area contributed by atoms with Gasteiger partial charge in [-0.1, -0.05) is 37.3 Å². The lowest BCUT2D eigenvalue weighted by Crippen LogP contribution is -2.39. The van der Waals surface area contributed by atoms with Gasteiger partial charge in [-0.15, -0.1) is 11.3 Å². The van der Waals surface area contributed by atoms with Crippen LogP contribution in [-0.2, 0) is 11.2 Å². The van der Waals surface area contributed by atoms with Crippen LogP contribution in [0, 0.1) is 5.82 Å². The molecule has 0 radical (unpaired) electrons. The van der Waals surface area contributed by atoms with E-state index in [0.29, 0.717) is 23.6 Å². The lowest BCUT2D eigenvalue weighted by Gasteiger charge is -2.24. The fourth-order valence-electron chi connectivity index (χ4n) is 2.78. The number of likely N-dealkylation sites (N-methyl/N-ethyl adjacent to an activating group) is 1. The number of halogens is 1. The number of para-hydroxylation sites is 1. The second-order valence-corrected chi connectivity index (χ2v) is 7.95. The average molecular weight is 392 g/mol. The summed E-state index contributed by atoms with van der Waals surface area (Å²) in [6, 6.07) is 8.82. The molecule has 0 aliphatic heterocycles. The number of carbonyl (C=O) groups is 1. The number of thiophene rings is 1. The van der Waals surface area contributed by atoms with Gasteiger partial charge in [0.15, 0.2) is 5.13 Å². The Bertz CT molecular complexity index is 859. The quantitative estimate of drug-likeness (QED) is 0.570. The Labute approximate surface area is 160 Å². The molecule has 0 unspecified atom stereocenters. The number of anilines is 1. The van der Waals surface area contributed by atoms with Crippen LogP contribution in [-0.4, -0.2) is 42.0 Å². The smallest absolute Gasteiger partial charge is 0.234 e. The second kappa shape index (κ2) is 8.70. The molecule has 0 saturated heterocycles. The van der Waals surface area contributed by atoms with Crippen LogP contribution in [0.1, 0.15) is 18.7 Å². The molecule has 1 aromatic carbocycles. The maximum Gasteiger partial charge on any atom is 0.234 e. The van der Waals surface area contributed by atoms with Crippen LogP contribution < -0.4 is 4.90 Å². The van der Waals surface area contributed by atoms with Gasteiger partial charge in [0.1, 0.15) is 11.3 Å². The summed E-state index contributed by atoms with van der Waals surface area (Å²) in [7, 11) is 0. The van der Waals surface area contributed by atoms with E-state index in [2.05, 4.69) is 23.7 Å². The SMILES string of the molecule is CCN(CC)CCN(C(=O)Cc1cccs1)c1nc2c(F)cccc2s1. The Balaban J connectivity index is 1.87. The largest absolute Gasteiger partial charge is 0.302 e. The number of benzene rings is 1. The van der Waals surface area contributed by atoms with Crippen LogP contribution in [0.5, 0.6) is 0 Å². The molecule has 138 valence electrons. The Morgan fingerprint density at radius 3 is 2.62 bits per heavy atom. The van der Waals surface area contributed by atoms with Gasteiger partial charge >= 0.3 is 0 Å². The van der Waals surface area contributed by atoms with E-state index in [1.807, 2.05) is 23.6 Å². The van der Waals surface area contributed by atoms with Crippen LogP contribution in [0.2, 0.25) is 0 Å². The zero-order valence-corrected chi connectivity index (χ0v) is 16.6. The highest BCUT2D eigenvalue weighted by molar-refractivity contribution is 7.22. The fourth-order valence-corrected chi connectivity index (χ4v) is 4.50. The van der Waals surface area contributed by atoms with Gasteiger partial charge in [0, 0.05) is 18.0 Å². The molecular formula is C19H22FN3OS2. The van der Waals surface area contributed by atoms with Crippen LogP contribution in [0.25, 0.3) is 10.2 Å². The van der Waals surface area contributed by atoms with Crippen molar-refractivity contribution in [2.24, 2.45) is 0 Å². The van der Waals surface area contributed by atoms with Crippen molar-refractivity contribution < 1.29 is 9.18 Å². The van der Waals surface area contributed by atoms with E-state index in [0.717, 1.165) is 29.2 Å². The molecule has 3 rings (SSSR count). The zero-order valence-electron chi connectivity index (χ0n) is 14.9. The number of thiazole rings is 1. The van der Waals surface area contributed by atoms with Gasteiger partial charge in [0.05, 0.1) is 11.1 Å². The van der Waals surface area contributed by atoms with Gasteiger partial charge in [0.25, 0.3) is 0 Å². The summed E-state index contributed by atoms with van der Waals surface area (Å²) in [5.41, 5.74) is 0.337. The minimum atomic E-state index is -0.348. The summed E-state index contributed by atoms with van der Waals surface area (Å²) >= 11 is 2.94. The summed E-state index contributed by atoms with van der Waals surface area (Å²) in [6.07, 6.45) is 0.342. The molecule has 2 heterocycles. The molecule has 0 N–H and O–H groups in total. The second-order valence-electron chi connectivity index (χ2n) is 5.91. The standard InChI is InChI=1S/C19H22FN3OS2/c1-3-22(4-2)10-11-23(17(24)13-14-7-6-12-25-14)19-21-18-15(20)8-5-9-16(18)26-19/h5-9,12H,3-4,10-11,13H2,1-2H3. The topological polar surface area (TPSA) is 36.4 Å². The Hall–Kier alpha value is -1.83. The van der Waals surface area contributed by atoms with Gasteiger partial charge < -0.3 is 4.90 Å². The molecule has 0 atom stereocenters. The third kappa shape index (κ3) is 4.28. The number of fused-ring (bicyclic) bond motifs is 1. The number of nitrogens with zero attached hydrogens (tertiary/aromatic N) is 3. The number of amides is 1. The van der Waals surface area contributed by atoms with Gasteiger partial charge in [-0.25, -0.2) is 9.37 Å². The molecule has 7 heteroatoms. The van der Waals surface area contributed by atoms with Crippen LogP contribution in [0.4, 0.5) is 9.52 Å². The molecule has 3 aromatic rings. The fraction of sp³-hybridized carbons (Fsp3) is 0.368. The lowest BCUT2D eigenvalue weighted by molar-refractivity contribution is -0.118. The predicted octanol–water partition coefficient (Wildman–Crippen LogP) is 4.41. The molecule has 26 heavy (non-hydrogen) atoms. The summed E-state index contributed by atoms with van der Waals surface area (Å²) in [6.45, 7) is 7.38. The molecule has 0 aliphatic carbocycles. The van der Waals surface area contributed by atoms with Crippen molar-refractivity contribution in [2.45, 2.75) is 20.3 Å². The van der Waals surface area contributed by atoms with E-state index in [-0.39, 0.29) is 11.7 Å². The van der Waals surface area contributed by atoms with Crippen molar-refractivity contribution in [2.75, 3.05) is 31.1 Å². The van der Waals surface area contributed by atoms with Crippen molar-refractivity contribution in [1.82, 2.24) is 9.88 Å². The van der Waals surface area contributed by atoms with Crippen molar-refractivity contribution in [3.05, 3.63) is 46.4 Å². The zero-order chi connectivity index (χ0) is 18.5. The molecule has 4 nitrogen and oxygen atoms in total. The van der Waals surface area contributed by atoms with Crippen molar-refractivity contribution in [3.8, 4) is 0 Å². The third-order valence-electron chi connectivity index (χ3n) is 4.33. The monoisotopic (exact) mass is 391 g/mol. The van der Waals surface area contributed by atoms with E-state index in [1.54, 1.807) is 22.3 Å². The highest BCUT2D eigenvalue weighted by atomic mass is 32.1. The number of carbonyl (C=O) groups excluding carboxylic acids is 1. The first kappa shape index (κ1) is 18.9. The first-order valence-corrected chi connectivity index (χ1v) is 10.4. The highest BCUT2D eigenvalue weighted by Gasteiger charge is 2.21. The summed E-state index contributed by atoms with van der Waals surface area (Å²) in [4.78, 5) is 22.4. The maximum absolute atomic E-state index is 14.0. The van der Waals surface area contributed by atoms with Crippen LogP contribution >= 0.6 is 22.7 Å². The van der Waals surface area contributed by atoms with E-state index in [1.165, 1.54) is 17.4 Å². The van der Waals surface area contributed by atoms with Gasteiger partial charge in [-0.3, -0.25) is 9.69 Å². The van der Waals surface area contributed by atoms with Crippen molar-refractivity contribution in [1.29, 1.82) is 0 Å². The van der Waals surface area contributed by atoms with Crippen molar-refractivity contribution in [3.63, 3.8) is 0 Å². The predicted molar refractivity (Wildman–Crippen MR) is 108 cm³/mol. The highest BCUT2D eigenvalue weighted by Crippen LogP contribution is 2.30. The minimum absolute atomic E-state index is 0.000861. The molecular weight excluding hydrogens is 369 g/mol. The first-order chi connectivity index (χ1) is 12.6. The average Bonchev–Trinajstić information content (AvgIpc) is 3.29. The van der Waals surface area contributed by atoms with E-state index in [9.17, 15) is 9.18 Å². The molecule has 0 spiro atoms. The van der Waals surface area contributed by atoms with Crippen LogP contribution in [0.3, 0.4) is 0 Å². The Morgan fingerprint density at radius 1 is 1.15 bits per heavy atom. The molecule has 0 fully saturated rings. The van der Waals surface area contributed by atoms with Crippen molar-refractivity contribution >= 4 is 43.9 Å². The summed E-state index contributed by atoms with van der Waals surface area (Å²) < 4.78 is 14.8. The molecule has 2 aromatic heterocycles. The minimum Gasteiger partial charge on any atom is -0.302 e. The number of hydrogen-bond acceptors (Lipinski definition) is 5. The Kier molecular flexibility index (Phi) is 6.34. The molecule has 0 aliphatic rings. The maximum atomic E-state index is 14.0. The van der Waals surface area contributed by atoms with E-state index in [4.69, 9.17) is 0 Å². The lowest BCUT2D eigenvalue weighted by atomic mass is 10.3. The van der Waals surface area contributed by atoms with Gasteiger partial charge in [0.2, 0.25) is 5.91 Å². The summed E-state index contributed by atoms with van der Waals surface area (Å²) in [5, 5.41) is 2.54. The Morgan fingerprint density at radius 2 is 1.96 bits per heavy atom. The first-order valence-electron chi connectivity index (χ1n) is 8.72. The van der Waals surface area contributed by atoms with E-state index >= 15 is 0 Å². The third-order valence-corrected chi connectivity index (χ3v) is 6.25.